The standard InChI is InChI=1S/C22H27FN2O2/c1-2-19(26)24-22(11-12-22)17-7-13-25(14-8-17)20(27)21(9-10-21)15-16-3-5-18(23)6-4-16/h2-6,17H,1,7-15H2,(H,24,26). The molecule has 1 aliphatic heterocycles. The lowest BCUT2D eigenvalue weighted by Crippen LogP contribution is -2.49. The van der Waals surface area contributed by atoms with Crippen LogP contribution in [0.5, 0.6) is 0 Å². The summed E-state index contributed by atoms with van der Waals surface area (Å²) in [7, 11) is 0. The van der Waals surface area contributed by atoms with Crippen LogP contribution in [0, 0.1) is 17.2 Å². The Labute approximate surface area is 159 Å². The quantitative estimate of drug-likeness (QED) is 0.782. The molecule has 4 nitrogen and oxygen atoms in total. The van der Waals surface area contributed by atoms with Crippen LogP contribution < -0.4 is 5.32 Å². The summed E-state index contributed by atoms with van der Waals surface area (Å²) in [5, 5.41) is 3.12. The van der Waals surface area contributed by atoms with Crippen LogP contribution in [0.25, 0.3) is 0 Å². The van der Waals surface area contributed by atoms with E-state index in [9.17, 15) is 14.0 Å². The van der Waals surface area contributed by atoms with E-state index in [4.69, 9.17) is 0 Å². The molecular weight excluding hydrogens is 343 g/mol. The van der Waals surface area contributed by atoms with Gasteiger partial charge in [-0.15, -0.1) is 0 Å². The number of likely N-dealkylation sites (tertiary alicyclic amines) is 1. The van der Waals surface area contributed by atoms with Gasteiger partial charge in [0.15, 0.2) is 0 Å². The maximum Gasteiger partial charge on any atom is 0.243 e. The Morgan fingerprint density at radius 2 is 1.78 bits per heavy atom. The zero-order valence-electron chi connectivity index (χ0n) is 15.7. The molecule has 1 saturated heterocycles. The van der Waals surface area contributed by atoms with Gasteiger partial charge in [0.1, 0.15) is 5.82 Å². The van der Waals surface area contributed by atoms with E-state index >= 15 is 0 Å². The monoisotopic (exact) mass is 370 g/mol. The molecule has 2 aliphatic carbocycles. The van der Waals surface area contributed by atoms with Crippen LogP contribution in [0.4, 0.5) is 4.39 Å². The maximum absolute atomic E-state index is 13.1. The lowest BCUT2D eigenvalue weighted by atomic mass is 9.86. The number of hydrogen-bond donors (Lipinski definition) is 1. The van der Waals surface area contributed by atoms with Crippen LogP contribution >= 0.6 is 0 Å². The summed E-state index contributed by atoms with van der Waals surface area (Å²) in [6.45, 7) is 5.07. The number of carbonyl (C=O) groups excluding carboxylic acids is 2. The van der Waals surface area contributed by atoms with E-state index < -0.39 is 0 Å². The molecule has 5 heteroatoms. The summed E-state index contributed by atoms with van der Waals surface area (Å²) in [4.78, 5) is 26.8. The van der Waals surface area contributed by atoms with Gasteiger partial charge in [-0.05, 0) is 74.6 Å². The van der Waals surface area contributed by atoms with Crippen molar-refractivity contribution < 1.29 is 14.0 Å². The SMILES string of the molecule is C=CC(=O)NC1(C2CCN(C(=O)C3(Cc4ccc(F)cc4)CC3)CC2)CC1. The highest BCUT2D eigenvalue weighted by Crippen LogP contribution is 2.51. The van der Waals surface area contributed by atoms with Crippen molar-refractivity contribution in [2.24, 2.45) is 11.3 Å². The Kier molecular flexibility index (Phi) is 4.57. The average molecular weight is 370 g/mol. The Balaban J connectivity index is 1.34. The number of amides is 2. The second-order valence-corrected chi connectivity index (χ2v) is 8.50. The molecule has 144 valence electrons. The minimum atomic E-state index is -0.279. The minimum absolute atomic E-state index is 0.0637. The number of benzene rings is 1. The predicted octanol–water partition coefficient (Wildman–Crippen LogP) is 3.22. The summed E-state index contributed by atoms with van der Waals surface area (Å²) in [5.41, 5.74) is 0.686. The number of hydrogen-bond acceptors (Lipinski definition) is 2. The van der Waals surface area contributed by atoms with Gasteiger partial charge in [0.2, 0.25) is 11.8 Å². The van der Waals surface area contributed by atoms with Crippen molar-refractivity contribution in [3.8, 4) is 0 Å². The van der Waals surface area contributed by atoms with Crippen LogP contribution in [-0.4, -0.2) is 35.3 Å². The number of rotatable bonds is 6. The molecule has 0 bridgehead atoms. The summed E-state index contributed by atoms with van der Waals surface area (Å²) in [5.74, 6) is 0.361. The van der Waals surface area contributed by atoms with E-state index in [0.717, 1.165) is 57.2 Å². The summed E-state index contributed by atoms with van der Waals surface area (Å²) in [6.07, 6.45) is 7.81. The highest BCUT2D eigenvalue weighted by molar-refractivity contribution is 5.88. The molecule has 3 aliphatic rings. The van der Waals surface area contributed by atoms with Gasteiger partial charge in [-0.1, -0.05) is 18.7 Å². The highest BCUT2D eigenvalue weighted by Gasteiger charge is 2.54. The summed E-state index contributed by atoms with van der Waals surface area (Å²) in [6, 6.07) is 6.50. The minimum Gasteiger partial charge on any atom is -0.347 e. The molecule has 0 radical (unpaired) electrons. The fraction of sp³-hybridized carbons (Fsp3) is 0.545. The number of nitrogens with one attached hydrogen (secondary N) is 1. The molecule has 1 heterocycles. The van der Waals surface area contributed by atoms with Crippen molar-refractivity contribution in [3.05, 3.63) is 48.3 Å². The van der Waals surface area contributed by atoms with E-state index in [1.54, 1.807) is 12.1 Å². The maximum atomic E-state index is 13.1. The van der Waals surface area contributed by atoms with E-state index in [0.29, 0.717) is 12.3 Å². The van der Waals surface area contributed by atoms with Gasteiger partial charge in [-0.3, -0.25) is 9.59 Å². The lowest BCUT2D eigenvalue weighted by Gasteiger charge is -2.38. The first-order chi connectivity index (χ1) is 13.0. The van der Waals surface area contributed by atoms with Crippen LogP contribution in [0.2, 0.25) is 0 Å². The predicted molar refractivity (Wildman–Crippen MR) is 101 cm³/mol. The van der Waals surface area contributed by atoms with E-state index in [-0.39, 0.29) is 28.6 Å². The summed E-state index contributed by atoms with van der Waals surface area (Å²) >= 11 is 0. The number of carbonyl (C=O) groups is 2. The van der Waals surface area contributed by atoms with E-state index in [2.05, 4.69) is 11.9 Å². The van der Waals surface area contributed by atoms with Gasteiger partial charge in [-0.2, -0.15) is 0 Å². The topological polar surface area (TPSA) is 49.4 Å². The first-order valence-electron chi connectivity index (χ1n) is 9.95. The summed E-state index contributed by atoms with van der Waals surface area (Å²) < 4.78 is 13.1. The Morgan fingerprint density at radius 1 is 1.15 bits per heavy atom. The van der Waals surface area contributed by atoms with Crippen molar-refractivity contribution in [2.75, 3.05) is 13.1 Å². The molecule has 2 saturated carbocycles. The van der Waals surface area contributed by atoms with E-state index in [1.807, 2.05) is 4.90 Å². The molecule has 0 aromatic heterocycles. The molecule has 4 rings (SSSR count). The molecule has 27 heavy (non-hydrogen) atoms. The molecule has 1 aromatic rings. The average Bonchev–Trinajstić information content (AvgIpc) is 3.61. The van der Waals surface area contributed by atoms with Crippen LogP contribution in [0.3, 0.4) is 0 Å². The van der Waals surface area contributed by atoms with Crippen molar-refractivity contribution in [3.63, 3.8) is 0 Å². The smallest absolute Gasteiger partial charge is 0.243 e. The van der Waals surface area contributed by atoms with Crippen molar-refractivity contribution >= 4 is 11.8 Å². The third-order valence-electron chi connectivity index (χ3n) is 6.67. The first kappa shape index (κ1) is 18.2. The molecule has 3 fully saturated rings. The number of piperidine rings is 1. The second kappa shape index (κ2) is 6.77. The van der Waals surface area contributed by atoms with Gasteiger partial charge in [0.05, 0.1) is 5.41 Å². The molecule has 2 amide bonds. The second-order valence-electron chi connectivity index (χ2n) is 8.50. The van der Waals surface area contributed by atoms with Crippen LogP contribution in [0.15, 0.2) is 36.9 Å². The Bertz CT molecular complexity index is 742. The van der Waals surface area contributed by atoms with Crippen molar-refractivity contribution in [1.29, 1.82) is 0 Å². The largest absolute Gasteiger partial charge is 0.347 e. The Morgan fingerprint density at radius 3 is 2.30 bits per heavy atom. The van der Waals surface area contributed by atoms with Gasteiger partial charge >= 0.3 is 0 Å². The zero-order chi connectivity index (χ0) is 19.1. The fourth-order valence-electron chi connectivity index (χ4n) is 4.65. The number of halogens is 1. The molecule has 1 N–H and O–H groups in total. The van der Waals surface area contributed by atoms with E-state index in [1.165, 1.54) is 18.2 Å². The molecule has 0 atom stereocenters. The van der Waals surface area contributed by atoms with Crippen molar-refractivity contribution in [2.45, 2.75) is 50.5 Å². The van der Waals surface area contributed by atoms with Gasteiger partial charge in [0, 0.05) is 18.6 Å². The van der Waals surface area contributed by atoms with Gasteiger partial charge in [-0.25, -0.2) is 4.39 Å². The highest BCUT2D eigenvalue weighted by atomic mass is 19.1. The third-order valence-corrected chi connectivity index (χ3v) is 6.67. The Hall–Kier alpha value is -2.17. The van der Waals surface area contributed by atoms with Crippen molar-refractivity contribution in [1.82, 2.24) is 10.2 Å². The number of nitrogens with zero attached hydrogens (tertiary/aromatic N) is 1. The van der Waals surface area contributed by atoms with Crippen LogP contribution in [0.1, 0.15) is 44.1 Å². The van der Waals surface area contributed by atoms with Gasteiger partial charge in [0.25, 0.3) is 0 Å². The molecule has 0 spiro atoms. The first-order valence-corrected chi connectivity index (χ1v) is 9.95. The molecule has 1 aromatic carbocycles. The third kappa shape index (κ3) is 3.64. The molecule has 0 unspecified atom stereocenters. The lowest BCUT2D eigenvalue weighted by molar-refractivity contribution is -0.138. The zero-order valence-corrected chi connectivity index (χ0v) is 15.7. The van der Waals surface area contributed by atoms with Crippen LogP contribution in [-0.2, 0) is 16.0 Å². The van der Waals surface area contributed by atoms with Gasteiger partial charge < -0.3 is 10.2 Å². The molecular formula is C22H27FN2O2. The fourth-order valence-corrected chi connectivity index (χ4v) is 4.65. The normalized spacial score (nSPS) is 22.8.